The molecular formula is C7H6FZn+. The Kier molecular flexibility index (Phi) is 3.48. The molecule has 1 aromatic carbocycles. The molecule has 0 aromatic heterocycles. The van der Waals surface area contributed by atoms with E-state index in [1.165, 1.54) is 12.1 Å². The molecule has 0 fully saturated rings. The molecule has 0 aliphatic carbocycles. The van der Waals surface area contributed by atoms with Crippen molar-refractivity contribution < 1.29 is 23.9 Å². The van der Waals surface area contributed by atoms with Crippen molar-refractivity contribution in [2.45, 2.75) is 0 Å². The number of hydrogen-bond donors (Lipinski definition) is 0. The summed E-state index contributed by atoms with van der Waals surface area (Å²) in [6.07, 6.45) is 0. The summed E-state index contributed by atoms with van der Waals surface area (Å²) in [5, 5.41) is 0. The second-order valence-corrected chi connectivity index (χ2v) is 1.63. The van der Waals surface area contributed by atoms with Crippen LogP contribution in [0.1, 0.15) is 5.56 Å². The molecule has 1 aromatic rings. The van der Waals surface area contributed by atoms with Crippen molar-refractivity contribution in [3.8, 4) is 0 Å². The molecule has 0 heterocycles. The molecule has 0 aliphatic rings. The Hall–Kier alpha value is -0.357. The van der Waals surface area contributed by atoms with Crippen LogP contribution in [-0.4, -0.2) is 0 Å². The van der Waals surface area contributed by atoms with Crippen LogP contribution in [0, 0.1) is 12.7 Å². The topological polar surface area (TPSA) is 0 Å². The molecule has 0 nitrogen and oxygen atoms in total. The normalized spacial score (nSPS) is 8.11. The van der Waals surface area contributed by atoms with E-state index in [1.54, 1.807) is 12.1 Å². The molecule has 0 saturated carbocycles. The van der Waals surface area contributed by atoms with Crippen LogP contribution in [0.15, 0.2) is 24.3 Å². The van der Waals surface area contributed by atoms with Crippen molar-refractivity contribution in [2.75, 3.05) is 0 Å². The van der Waals surface area contributed by atoms with Gasteiger partial charge in [0.2, 0.25) is 0 Å². The Morgan fingerprint density at radius 2 is 1.56 bits per heavy atom. The zero-order chi connectivity index (χ0) is 5.98. The number of hydrogen-bond acceptors (Lipinski definition) is 0. The van der Waals surface area contributed by atoms with Crippen LogP contribution >= 0.6 is 0 Å². The molecule has 0 saturated heterocycles. The van der Waals surface area contributed by atoms with Crippen molar-refractivity contribution in [1.82, 2.24) is 0 Å². The quantitative estimate of drug-likeness (QED) is 0.417. The SMILES string of the molecule is [CH2-]c1ccc(F)cc1.[Zn+2]. The molecule has 9 heavy (non-hydrogen) atoms. The third kappa shape index (κ3) is 2.62. The smallest absolute Gasteiger partial charge is 0.209 e. The van der Waals surface area contributed by atoms with E-state index in [4.69, 9.17) is 0 Å². The third-order valence-corrected chi connectivity index (χ3v) is 0.913. The first-order valence-electron chi connectivity index (χ1n) is 2.36. The average molecular weight is 175 g/mol. The Bertz CT molecular complexity index is 148. The summed E-state index contributed by atoms with van der Waals surface area (Å²) >= 11 is 0. The van der Waals surface area contributed by atoms with Crippen LogP contribution in [0.4, 0.5) is 4.39 Å². The maximum Gasteiger partial charge on any atom is 2.00 e. The van der Waals surface area contributed by atoms with Crippen molar-refractivity contribution in [1.29, 1.82) is 0 Å². The van der Waals surface area contributed by atoms with Gasteiger partial charge in [0, 0.05) is 0 Å². The largest absolute Gasteiger partial charge is 2.00 e. The van der Waals surface area contributed by atoms with E-state index >= 15 is 0 Å². The second-order valence-electron chi connectivity index (χ2n) is 1.63. The summed E-state index contributed by atoms with van der Waals surface area (Å²) in [6.45, 7) is 3.60. The van der Waals surface area contributed by atoms with Crippen LogP contribution in [0.3, 0.4) is 0 Å². The molecule has 0 aliphatic heterocycles. The van der Waals surface area contributed by atoms with E-state index in [0.29, 0.717) is 0 Å². The van der Waals surface area contributed by atoms with Gasteiger partial charge in [-0.3, -0.25) is 0 Å². The summed E-state index contributed by atoms with van der Waals surface area (Å²) in [6, 6.07) is 6.05. The Morgan fingerprint density at radius 3 is 1.89 bits per heavy atom. The zero-order valence-electron chi connectivity index (χ0n) is 5.10. The van der Waals surface area contributed by atoms with Gasteiger partial charge in [0.15, 0.2) is 0 Å². The molecule has 0 bridgehead atoms. The van der Waals surface area contributed by atoms with Crippen LogP contribution in [-0.2, 0) is 19.5 Å². The van der Waals surface area contributed by atoms with Crippen molar-refractivity contribution in [2.24, 2.45) is 0 Å². The first-order chi connectivity index (χ1) is 3.79. The maximum atomic E-state index is 12.1. The molecule has 1 rings (SSSR count). The van der Waals surface area contributed by atoms with Gasteiger partial charge in [-0.25, -0.2) is 4.39 Å². The standard InChI is InChI=1S/C7H6F.Zn/c1-6-2-4-7(8)5-3-6;/h2-5H,1H2;/q-1;+2. The zero-order valence-corrected chi connectivity index (χ0v) is 8.07. The van der Waals surface area contributed by atoms with Gasteiger partial charge >= 0.3 is 19.5 Å². The molecule has 0 amide bonds. The fourth-order valence-electron chi connectivity index (χ4n) is 0.484. The Morgan fingerprint density at radius 1 is 1.11 bits per heavy atom. The minimum atomic E-state index is -0.211. The average Bonchev–Trinajstić information content (AvgIpc) is 1.77. The molecule has 0 unspecified atom stereocenters. The molecule has 0 N–H and O–H groups in total. The van der Waals surface area contributed by atoms with Gasteiger partial charge in [0.25, 0.3) is 0 Å². The van der Waals surface area contributed by atoms with Gasteiger partial charge in [0.1, 0.15) is 0 Å². The van der Waals surface area contributed by atoms with Crippen molar-refractivity contribution >= 4 is 0 Å². The maximum absolute atomic E-state index is 12.1. The predicted octanol–water partition coefficient (Wildman–Crippen LogP) is 2.01. The fourth-order valence-corrected chi connectivity index (χ4v) is 0.484. The van der Waals surface area contributed by atoms with E-state index in [1.807, 2.05) is 0 Å². The molecular weight excluding hydrogens is 168 g/mol. The predicted molar refractivity (Wildman–Crippen MR) is 30.9 cm³/mol. The Balaban J connectivity index is 0.000000640. The van der Waals surface area contributed by atoms with E-state index in [-0.39, 0.29) is 25.3 Å². The number of benzene rings is 1. The van der Waals surface area contributed by atoms with Crippen LogP contribution in [0.5, 0.6) is 0 Å². The minimum absolute atomic E-state index is 0. The minimum Gasteiger partial charge on any atom is -0.209 e. The first-order valence-corrected chi connectivity index (χ1v) is 2.36. The number of rotatable bonds is 0. The van der Waals surface area contributed by atoms with Gasteiger partial charge in [-0.1, -0.05) is 12.1 Å². The second kappa shape index (κ2) is 3.63. The van der Waals surface area contributed by atoms with E-state index in [2.05, 4.69) is 6.92 Å². The molecule has 2 heteroatoms. The summed E-state index contributed by atoms with van der Waals surface area (Å²) < 4.78 is 12.1. The molecule has 0 radical (unpaired) electrons. The summed E-state index contributed by atoms with van der Waals surface area (Å²) in [7, 11) is 0. The van der Waals surface area contributed by atoms with Crippen LogP contribution in [0.25, 0.3) is 0 Å². The molecule has 0 spiro atoms. The number of halogens is 1. The molecule has 42 valence electrons. The van der Waals surface area contributed by atoms with Crippen LogP contribution < -0.4 is 0 Å². The van der Waals surface area contributed by atoms with Gasteiger partial charge < -0.3 is 0 Å². The summed E-state index contributed by atoms with van der Waals surface area (Å²) in [4.78, 5) is 0. The third-order valence-electron chi connectivity index (χ3n) is 0.913. The van der Waals surface area contributed by atoms with Gasteiger partial charge in [-0.05, 0) is 0 Å². The van der Waals surface area contributed by atoms with Crippen molar-refractivity contribution in [3.63, 3.8) is 0 Å². The van der Waals surface area contributed by atoms with Crippen molar-refractivity contribution in [3.05, 3.63) is 42.6 Å². The van der Waals surface area contributed by atoms with E-state index < -0.39 is 0 Å². The van der Waals surface area contributed by atoms with Gasteiger partial charge in [0.05, 0.1) is 5.82 Å². The Labute approximate surface area is 66.8 Å². The monoisotopic (exact) mass is 173 g/mol. The van der Waals surface area contributed by atoms with Gasteiger partial charge in [-0.2, -0.15) is 24.6 Å². The van der Waals surface area contributed by atoms with E-state index in [0.717, 1.165) is 5.56 Å². The van der Waals surface area contributed by atoms with Gasteiger partial charge in [-0.15, -0.1) is 0 Å². The first kappa shape index (κ1) is 8.64. The van der Waals surface area contributed by atoms with Crippen LogP contribution in [0.2, 0.25) is 0 Å². The summed E-state index contributed by atoms with van der Waals surface area (Å²) in [5.41, 5.74) is 0.839. The summed E-state index contributed by atoms with van der Waals surface area (Å²) in [5.74, 6) is -0.211. The molecule has 0 atom stereocenters. The van der Waals surface area contributed by atoms with E-state index in [9.17, 15) is 4.39 Å². The fraction of sp³-hybridized carbons (Fsp3) is 0.